The lowest BCUT2D eigenvalue weighted by Crippen LogP contribution is -2.33. The van der Waals surface area contributed by atoms with Crippen LogP contribution in [0, 0.1) is 13.8 Å². The van der Waals surface area contributed by atoms with Gasteiger partial charge in [-0.15, -0.1) is 0 Å². The van der Waals surface area contributed by atoms with E-state index in [0.29, 0.717) is 17.8 Å². The highest BCUT2D eigenvalue weighted by Crippen LogP contribution is 2.13. The molecular formula is C14H18N4O3. The molecule has 0 aliphatic heterocycles. The summed E-state index contributed by atoms with van der Waals surface area (Å²) in [4.78, 5) is 25.8. The first-order chi connectivity index (χ1) is 9.95. The zero-order valence-electron chi connectivity index (χ0n) is 12.6. The highest BCUT2D eigenvalue weighted by molar-refractivity contribution is 5.95. The number of nitrogens with one attached hydrogen (secondary N) is 1. The van der Waals surface area contributed by atoms with Gasteiger partial charge in [-0.25, -0.2) is 5.10 Å². The average molecular weight is 290 g/mol. The van der Waals surface area contributed by atoms with Gasteiger partial charge in [-0.1, -0.05) is 12.1 Å². The molecule has 0 radical (unpaired) electrons. The van der Waals surface area contributed by atoms with Crippen molar-refractivity contribution in [1.29, 1.82) is 0 Å². The van der Waals surface area contributed by atoms with E-state index in [9.17, 15) is 9.59 Å². The number of hydrogen-bond acceptors (Lipinski definition) is 5. The molecule has 0 unspecified atom stereocenters. The molecule has 7 nitrogen and oxygen atoms in total. The maximum Gasteiger partial charge on any atom is 0.277 e. The second-order valence-electron chi connectivity index (χ2n) is 4.94. The molecule has 0 atom stereocenters. The van der Waals surface area contributed by atoms with E-state index < -0.39 is 5.56 Å². The topological polar surface area (TPSA) is 92.1 Å². The van der Waals surface area contributed by atoms with Crippen LogP contribution in [0.15, 0.2) is 15.6 Å². The summed E-state index contributed by atoms with van der Waals surface area (Å²) < 4.78 is 4.92. The third-order valence-corrected chi connectivity index (χ3v) is 3.50. The lowest BCUT2D eigenvalue weighted by atomic mass is 10.1. The van der Waals surface area contributed by atoms with Gasteiger partial charge in [0.05, 0.1) is 17.9 Å². The Morgan fingerprint density at radius 1 is 1.43 bits per heavy atom. The van der Waals surface area contributed by atoms with E-state index in [1.54, 1.807) is 20.9 Å². The Balaban J connectivity index is 2.28. The molecule has 0 aromatic carbocycles. The van der Waals surface area contributed by atoms with Crippen molar-refractivity contribution in [3.63, 3.8) is 0 Å². The minimum Gasteiger partial charge on any atom is -0.364 e. The molecule has 2 aromatic rings. The molecule has 0 spiro atoms. The van der Waals surface area contributed by atoms with Gasteiger partial charge in [0.15, 0.2) is 0 Å². The summed E-state index contributed by atoms with van der Waals surface area (Å²) in [6.07, 6.45) is 2.25. The van der Waals surface area contributed by atoms with Crippen molar-refractivity contribution in [1.82, 2.24) is 20.3 Å². The van der Waals surface area contributed by atoms with Crippen LogP contribution < -0.4 is 5.56 Å². The van der Waals surface area contributed by atoms with Gasteiger partial charge in [-0.2, -0.15) is 5.10 Å². The zero-order chi connectivity index (χ0) is 15.6. The SMILES string of the molecule is CCc1nocc1CN(C)C(=O)c1c(C)c(C)n[nH]c1=O. The molecule has 0 aliphatic rings. The average Bonchev–Trinajstić information content (AvgIpc) is 2.90. The molecule has 0 bridgehead atoms. The Morgan fingerprint density at radius 3 is 2.81 bits per heavy atom. The number of rotatable bonds is 4. The second kappa shape index (κ2) is 5.90. The third kappa shape index (κ3) is 2.86. The summed E-state index contributed by atoms with van der Waals surface area (Å²) in [5.74, 6) is -0.345. The van der Waals surface area contributed by atoms with E-state index in [0.717, 1.165) is 17.7 Å². The minimum absolute atomic E-state index is 0.125. The van der Waals surface area contributed by atoms with E-state index >= 15 is 0 Å². The number of hydrogen-bond donors (Lipinski definition) is 1. The number of aryl methyl sites for hydroxylation is 2. The summed E-state index contributed by atoms with van der Waals surface area (Å²) in [5, 5.41) is 10.1. The Morgan fingerprint density at radius 2 is 2.14 bits per heavy atom. The maximum atomic E-state index is 12.5. The van der Waals surface area contributed by atoms with E-state index in [1.807, 2.05) is 6.92 Å². The van der Waals surface area contributed by atoms with E-state index in [-0.39, 0.29) is 11.5 Å². The van der Waals surface area contributed by atoms with Crippen molar-refractivity contribution in [3.8, 4) is 0 Å². The van der Waals surface area contributed by atoms with Crippen LogP contribution in [0.4, 0.5) is 0 Å². The van der Waals surface area contributed by atoms with Crippen molar-refractivity contribution in [2.75, 3.05) is 7.05 Å². The molecule has 7 heteroatoms. The third-order valence-electron chi connectivity index (χ3n) is 3.50. The number of carbonyl (C=O) groups excluding carboxylic acids is 1. The van der Waals surface area contributed by atoms with Gasteiger partial charge < -0.3 is 9.42 Å². The monoisotopic (exact) mass is 290 g/mol. The Bertz CT molecular complexity index is 717. The van der Waals surface area contributed by atoms with Gasteiger partial charge in [0, 0.05) is 12.6 Å². The molecule has 21 heavy (non-hydrogen) atoms. The van der Waals surface area contributed by atoms with Crippen molar-refractivity contribution >= 4 is 5.91 Å². The standard InChI is InChI=1S/C14H18N4O3/c1-5-11-10(7-21-17-11)6-18(4)14(20)12-8(2)9(3)15-16-13(12)19/h7H,5-6H2,1-4H3,(H,16,19). The van der Waals surface area contributed by atoms with Crippen LogP contribution in [0.1, 0.15) is 39.8 Å². The smallest absolute Gasteiger partial charge is 0.277 e. The molecule has 112 valence electrons. The molecule has 2 aromatic heterocycles. The Kier molecular flexibility index (Phi) is 4.21. The molecule has 2 rings (SSSR count). The Labute approximate surface area is 121 Å². The lowest BCUT2D eigenvalue weighted by Gasteiger charge is -2.17. The summed E-state index contributed by atoms with van der Waals surface area (Å²) in [7, 11) is 1.64. The number of amides is 1. The number of carbonyl (C=O) groups is 1. The number of H-pyrrole nitrogens is 1. The van der Waals surface area contributed by atoms with Gasteiger partial charge in [0.2, 0.25) is 0 Å². The minimum atomic E-state index is -0.476. The maximum absolute atomic E-state index is 12.5. The molecule has 2 heterocycles. The first-order valence-electron chi connectivity index (χ1n) is 6.69. The van der Waals surface area contributed by atoms with Crippen molar-refractivity contribution in [2.24, 2.45) is 0 Å². The van der Waals surface area contributed by atoms with E-state index in [1.165, 1.54) is 11.2 Å². The first-order valence-corrected chi connectivity index (χ1v) is 6.69. The second-order valence-corrected chi connectivity index (χ2v) is 4.94. The largest absolute Gasteiger partial charge is 0.364 e. The van der Waals surface area contributed by atoms with Crippen molar-refractivity contribution in [3.05, 3.63) is 44.7 Å². The predicted octanol–water partition coefficient (Wildman–Crippen LogP) is 1.21. The van der Waals surface area contributed by atoms with Crippen molar-refractivity contribution in [2.45, 2.75) is 33.7 Å². The number of nitrogens with zero attached hydrogens (tertiary/aromatic N) is 3. The van der Waals surface area contributed by atoms with Crippen LogP contribution in [0.2, 0.25) is 0 Å². The summed E-state index contributed by atoms with van der Waals surface area (Å²) in [6, 6.07) is 0. The fraction of sp³-hybridized carbons (Fsp3) is 0.429. The molecule has 0 saturated heterocycles. The van der Waals surface area contributed by atoms with Crippen LogP contribution in [0.25, 0.3) is 0 Å². The summed E-state index contributed by atoms with van der Waals surface area (Å²) >= 11 is 0. The fourth-order valence-electron chi connectivity index (χ4n) is 2.10. The van der Waals surface area contributed by atoms with Gasteiger partial charge in [-0.05, 0) is 25.8 Å². The van der Waals surface area contributed by atoms with Crippen LogP contribution in [0.3, 0.4) is 0 Å². The van der Waals surface area contributed by atoms with Gasteiger partial charge in [0.1, 0.15) is 11.8 Å². The van der Waals surface area contributed by atoms with E-state index in [2.05, 4.69) is 15.4 Å². The summed E-state index contributed by atoms with van der Waals surface area (Å²) in [6.45, 7) is 5.77. The highest BCUT2D eigenvalue weighted by atomic mass is 16.5. The highest BCUT2D eigenvalue weighted by Gasteiger charge is 2.21. The van der Waals surface area contributed by atoms with Crippen LogP contribution in [-0.2, 0) is 13.0 Å². The van der Waals surface area contributed by atoms with Crippen LogP contribution >= 0.6 is 0 Å². The molecular weight excluding hydrogens is 272 g/mol. The number of aromatic amines is 1. The fourth-order valence-corrected chi connectivity index (χ4v) is 2.10. The lowest BCUT2D eigenvalue weighted by molar-refractivity contribution is 0.0781. The molecule has 0 saturated carbocycles. The van der Waals surface area contributed by atoms with E-state index in [4.69, 9.17) is 4.52 Å². The number of aromatic nitrogens is 3. The van der Waals surface area contributed by atoms with Gasteiger partial charge >= 0.3 is 0 Å². The quantitative estimate of drug-likeness (QED) is 0.913. The molecule has 0 fully saturated rings. The van der Waals surface area contributed by atoms with Crippen LogP contribution in [-0.4, -0.2) is 33.2 Å². The van der Waals surface area contributed by atoms with Gasteiger partial charge in [-0.3, -0.25) is 9.59 Å². The molecule has 0 aliphatic carbocycles. The van der Waals surface area contributed by atoms with Crippen molar-refractivity contribution < 1.29 is 9.32 Å². The Hall–Kier alpha value is -2.44. The molecule has 1 N–H and O–H groups in total. The summed E-state index contributed by atoms with van der Waals surface area (Å²) in [5.41, 5.74) is 2.53. The first kappa shape index (κ1) is 15.0. The zero-order valence-corrected chi connectivity index (χ0v) is 12.6. The van der Waals surface area contributed by atoms with Crippen LogP contribution in [0.5, 0.6) is 0 Å². The normalized spacial score (nSPS) is 10.7. The van der Waals surface area contributed by atoms with Gasteiger partial charge in [0.25, 0.3) is 11.5 Å². The predicted molar refractivity (Wildman–Crippen MR) is 76.0 cm³/mol. The molecule has 1 amide bonds.